The van der Waals surface area contributed by atoms with Crippen LogP contribution in [0.1, 0.15) is 43.0 Å². The maximum atomic E-state index is 12.3. The third-order valence-electron chi connectivity index (χ3n) is 4.19. The molecule has 7 heteroatoms. The molecule has 5 nitrogen and oxygen atoms in total. The first-order valence-corrected chi connectivity index (χ1v) is 8.93. The number of hydrogen-bond acceptors (Lipinski definition) is 4. The number of nitrogens with one attached hydrogen (secondary N) is 1. The van der Waals surface area contributed by atoms with Crippen LogP contribution in [0.15, 0.2) is 29.2 Å². The van der Waals surface area contributed by atoms with Gasteiger partial charge in [0, 0.05) is 12.1 Å². The number of halogens is 1. The third-order valence-corrected chi connectivity index (χ3v) is 5.94. The zero-order chi connectivity index (χ0) is 15.5. The quantitative estimate of drug-likeness (QED) is 0.852. The molecule has 1 amide bonds. The molecule has 1 aromatic rings. The molecule has 0 aromatic heterocycles. The molecule has 1 aliphatic carbocycles. The predicted octanol–water partition coefficient (Wildman–Crippen LogP) is 1.90. The molecule has 0 spiro atoms. The standard InChI is InChI=1S/C15H22N2O3S.ClH/c1-2-21(19,20)13-7-5-12(6-8-13)14(18)17-15(11-16)9-3-4-10-15;/h5-8H,2-4,9-11,16H2,1H3,(H,17,18);1H. The van der Waals surface area contributed by atoms with Gasteiger partial charge >= 0.3 is 0 Å². The van der Waals surface area contributed by atoms with E-state index >= 15 is 0 Å². The maximum Gasteiger partial charge on any atom is 0.251 e. The molecule has 0 radical (unpaired) electrons. The van der Waals surface area contributed by atoms with Crippen molar-refractivity contribution >= 4 is 28.2 Å². The number of sulfone groups is 1. The summed E-state index contributed by atoms with van der Waals surface area (Å²) < 4.78 is 23.5. The van der Waals surface area contributed by atoms with Crippen LogP contribution in [-0.4, -0.2) is 32.2 Å². The van der Waals surface area contributed by atoms with Crippen molar-refractivity contribution in [3.8, 4) is 0 Å². The Kier molecular flexibility index (Phi) is 6.40. The number of amides is 1. The van der Waals surface area contributed by atoms with Gasteiger partial charge in [-0.3, -0.25) is 4.79 Å². The van der Waals surface area contributed by atoms with Crippen molar-refractivity contribution in [2.45, 2.75) is 43.0 Å². The smallest absolute Gasteiger partial charge is 0.251 e. The van der Waals surface area contributed by atoms with Crippen LogP contribution in [0.25, 0.3) is 0 Å². The average molecular weight is 347 g/mol. The molecule has 0 saturated heterocycles. The van der Waals surface area contributed by atoms with Gasteiger partial charge in [0.1, 0.15) is 0 Å². The Morgan fingerprint density at radius 2 is 1.77 bits per heavy atom. The van der Waals surface area contributed by atoms with Crippen LogP contribution >= 0.6 is 12.4 Å². The van der Waals surface area contributed by atoms with Crippen molar-refractivity contribution in [3.05, 3.63) is 29.8 Å². The van der Waals surface area contributed by atoms with Gasteiger partial charge in [-0.25, -0.2) is 8.42 Å². The summed E-state index contributed by atoms with van der Waals surface area (Å²) in [6, 6.07) is 6.07. The molecule has 0 aliphatic heterocycles. The summed E-state index contributed by atoms with van der Waals surface area (Å²) in [4.78, 5) is 12.5. The molecule has 2 rings (SSSR count). The lowest BCUT2D eigenvalue weighted by Gasteiger charge is -2.28. The van der Waals surface area contributed by atoms with Gasteiger partial charge in [0.15, 0.2) is 9.84 Å². The SMILES string of the molecule is CCS(=O)(=O)c1ccc(C(=O)NC2(CN)CCCC2)cc1.Cl. The van der Waals surface area contributed by atoms with Crippen molar-refractivity contribution in [1.82, 2.24) is 5.32 Å². The van der Waals surface area contributed by atoms with Crippen molar-refractivity contribution in [2.24, 2.45) is 5.73 Å². The molecule has 1 saturated carbocycles. The highest BCUT2D eigenvalue weighted by Crippen LogP contribution is 2.29. The highest BCUT2D eigenvalue weighted by molar-refractivity contribution is 7.91. The molecular formula is C15H23ClN2O3S. The number of benzene rings is 1. The normalized spacial score (nSPS) is 16.8. The zero-order valence-electron chi connectivity index (χ0n) is 12.7. The van der Waals surface area contributed by atoms with Crippen LogP contribution in [-0.2, 0) is 9.84 Å². The van der Waals surface area contributed by atoms with Crippen molar-refractivity contribution < 1.29 is 13.2 Å². The third kappa shape index (κ3) is 4.00. The van der Waals surface area contributed by atoms with E-state index in [9.17, 15) is 13.2 Å². The van der Waals surface area contributed by atoms with Crippen molar-refractivity contribution in [2.75, 3.05) is 12.3 Å². The molecule has 124 valence electrons. The molecule has 22 heavy (non-hydrogen) atoms. The summed E-state index contributed by atoms with van der Waals surface area (Å²) in [6.07, 6.45) is 3.95. The fraction of sp³-hybridized carbons (Fsp3) is 0.533. The van der Waals surface area contributed by atoms with Crippen LogP contribution in [0, 0.1) is 0 Å². The molecule has 0 atom stereocenters. The van der Waals surface area contributed by atoms with Gasteiger partial charge in [0.05, 0.1) is 16.2 Å². The highest BCUT2D eigenvalue weighted by atomic mass is 35.5. The molecule has 0 heterocycles. The van der Waals surface area contributed by atoms with Crippen molar-refractivity contribution in [3.63, 3.8) is 0 Å². The van der Waals surface area contributed by atoms with E-state index in [0.29, 0.717) is 12.1 Å². The van der Waals surface area contributed by atoms with Gasteiger partial charge in [-0.15, -0.1) is 12.4 Å². The number of carbonyl (C=O) groups excluding carboxylic acids is 1. The largest absolute Gasteiger partial charge is 0.345 e. The minimum atomic E-state index is -3.23. The lowest BCUT2D eigenvalue weighted by molar-refractivity contribution is 0.0903. The van der Waals surface area contributed by atoms with Crippen molar-refractivity contribution in [1.29, 1.82) is 0 Å². The molecule has 0 bridgehead atoms. The molecule has 1 aromatic carbocycles. The van der Waals surface area contributed by atoms with Gasteiger partial charge in [0.2, 0.25) is 0 Å². The second kappa shape index (κ2) is 7.44. The van der Waals surface area contributed by atoms with Crippen LogP contribution in [0.2, 0.25) is 0 Å². The predicted molar refractivity (Wildman–Crippen MR) is 89.1 cm³/mol. The van der Waals surface area contributed by atoms with E-state index in [1.807, 2.05) is 0 Å². The lowest BCUT2D eigenvalue weighted by Crippen LogP contribution is -2.51. The minimum absolute atomic E-state index is 0. The highest BCUT2D eigenvalue weighted by Gasteiger charge is 2.34. The first-order chi connectivity index (χ1) is 9.92. The first-order valence-electron chi connectivity index (χ1n) is 7.28. The van der Waals surface area contributed by atoms with Gasteiger partial charge < -0.3 is 11.1 Å². The monoisotopic (exact) mass is 346 g/mol. The Balaban J connectivity index is 0.00000242. The van der Waals surface area contributed by atoms with E-state index < -0.39 is 9.84 Å². The topological polar surface area (TPSA) is 89.3 Å². The van der Waals surface area contributed by atoms with Gasteiger partial charge in [0.25, 0.3) is 5.91 Å². The summed E-state index contributed by atoms with van der Waals surface area (Å²) >= 11 is 0. The Morgan fingerprint density at radius 3 is 2.23 bits per heavy atom. The van der Waals surface area contributed by atoms with Crippen LogP contribution < -0.4 is 11.1 Å². The number of nitrogens with two attached hydrogens (primary N) is 1. The molecule has 1 aliphatic rings. The second-order valence-electron chi connectivity index (χ2n) is 5.57. The number of rotatable bonds is 5. The minimum Gasteiger partial charge on any atom is -0.345 e. The summed E-state index contributed by atoms with van der Waals surface area (Å²) in [5, 5.41) is 3.02. The lowest BCUT2D eigenvalue weighted by atomic mass is 9.97. The fourth-order valence-corrected chi connectivity index (χ4v) is 3.61. The Hall–Kier alpha value is -1.11. The zero-order valence-corrected chi connectivity index (χ0v) is 14.3. The van der Waals surface area contributed by atoms with Gasteiger partial charge in [-0.05, 0) is 37.1 Å². The van der Waals surface area contributed by atoms with E-state index in [2.05, 4.69) is 5.32 Å². The Morgan fingerprint density at radius 1 is 1.23 bits per heavy atom. The van der Waals surface area contributed by atoms with E-state index in [4.69, 9.17) is 5.73 Å². The summed E-state index contributed by atoms with van der Waals surface area (Å²) in [6.45, 7) is 2.03. The van der Waals surface area contributed by atoms with Gasteiger partial charge in [-0.1, -0.05) is 19.8 Å². The summed E-state index contributed by atoms with van der Waals surface area (Å²) in [5.41, 5.74) is 5.96. The number of hydrogen-bond donors (Lipinski definition) is 2. The van der Waals surface area contributed by atoms with Crippen LogP contribution in [0.4, 0.5) is 0 Å². The molecule has 1 fully saturated rings. The van der Waals surface area contributed by atoms with E-state index in [0.717, 1.165) is 25.7 Å². The van der Waals surface area contributed by atoms with E-state index in [1.165, 1.54) is 12.1 Å². The van der Waals surface area contributed by atoms with Crippen LogP contribution in [0.3, 0.4) is 0 Å². The first kappa shape index (κ1) is 18.9. The average Bonchev–Trinajstić information content (AvgIpc) is 2.96. The Labute approximate surface area is 138 Å². The Bertz CT molecular complexity index is 608. The number of carbonyl (C=O) groups is 1. The fourth-order valence-electron chi connectivity index (χ4n) is 2.73. The van der Waals surface area contributed by atoms with E-state index in [1.54, 1.807) is 19.1 Å². The molecular weight excluding hydrogens is 324 g/mol. The maximum absolute atomic E-state index is 12.3. The second-order valence-corrected chi connectivity index (χ2v) is 7.85. The summed E-state index contributed by atoms with van der Waals surface area (Å²) in [5.74, 6) is -0.141. The molecule has 0 unspecified atom stereocenters. The van der Waals surface area contributed by atoms with E-state index in [-0.39, 0.29) is 34.5 Å². The van der Waals surface area contributed by atoms with Gasteiger partial charge in [-0.2, -0.15) is 0 Å². The van der Waals surface area contributed by atoms with Crippen LogP contribution in [0.5, 0.6) is 0 Å². The molecule has 3 N–H and O–H groups in total. The summed E-state index contributed by atoms with van der Waals surface area (Å²) in [7, 11) is -3.23.